The Balaban J connectivity index is 1.89. The molecule has 0 atom stereocenters. The van der Waals surface area contributed by atoms with Gasteiger partial charge in [-0.1, -0.05) is 45.1 Å². The lowest BCUT2D eigenvalue weighted by molar-refractivity contribution is 0.510. The Morgan fingerprint density at radius 3 is 2.32 bits per heavy atom. The SMILES string of the molecule is CCCCCCCCc1cnc(-c2cccc(F)c2F)nc1. The molecule has 2 aromatic rings. The minimum Gasteiger partial charge on any atom is -0.236 e. The Kier molecular flexibility index (Phi) is 6.44. The average Bonchev–Trinajstić information content (AvgIpc) is 2.54. The standard InChI is InChI=1S/C18H22F2N2/c1-2-3-4-5-6-7-9-14-12-21-18(22-13-14)15-10-8-11-16(19)17(15)20/h8,10-13H,2-7,9H2,1H3. The van der Waals surface area contributed by atoms with Crippen molar-refractivity contribution in [2.75, 3.05) is 0 Å². The summed E-state index contributed by atoms with van der Waals surface area (Å²) in [6, 6.07) is 4.04. The molecular weight excluding hydrogens is 282 g/mol. The van der Waals surface area contributed by atoms with Gasteiger partial charge >= 0.3 is 0 Å². The van der Waals surface area contributed by atoms with Gasteiger partial charge in [-0.25, -0.2) is 18.7 Å². The summed E-state index contributed by atoms with van der Waals surface area (Å²) < 4.78 is 26.9. The predicted molar refractivity (Wildman–Crippen MR) is 84.5 cm³/mol. The third-order valence-electron chi connectivity index (χ3n) is 3.72. The van der Waals surface area contributed by atoms with Crippen LogP contribution in [0.5, 0.6) is 0 Å². The molecule has 0 fully saturated rings. The first-order valence-electron chi connectivity index (χ1n) is 7.97. The zero-order valence-electron chi connectivity index (χ0n) is 13.0. The van der Waals surface area contributed by atoms with Gasteiger partial charge < -0.3 is 0 Å². The number of aryl methyl sites for hydroxylation is 1. The van der Waals surface area contributed by atoms with Crippen LogP contribution in [0.25, 0.3) is 11.4 Å². The first kappa shape index (κ1) is 16.5. The molecule has 0 N–H and O–H groups in total. The molecule has 1 heterocycles. The summed E-state index contributed by atoms with van der Waals surface area (Å²) in [6.07, 6.45) is 11.8. The van der Waals surface area contributed by atoms with Gasteiger partial charge in [0.2, 0.25) is 0 Å². The lowest BCUT2D eigenvalue weighted by Crippen LogP contribution is -1.96. The molecule has 22 heavy (non-hydrogen) atoms. The maximum Gasteiger partial charge on any atom is 0.169 e. The van der Waals surface area contributed by atoms with Crippen LogP contribution in [-0.4, -0.2) is 9.97 Å². The van der Waals surface area contributed by atoms with Crippen LogP contribution < -0.4 is 0 Å². The number of aromatic nitrogens is 2. The Hall–Kier alpha value is -1.84. The zero-order valence-corrected chi connectivity index (χ0v) is 13.0. The summed E-state index contributed by atoms with van der Waals surface area (Å²) >= 11 is 0. The van der Waals surface area contributed by atoms with E-state index in [1.165, 1.54) is 44.2 Å². The maximum atomic E-state index is 13.7. The first-order valence-corrected chi connectivity index (χ1v) is 7.97. The van der Waals surface area contributed by atoms with Crippen molar-refractivity contribution in [3.63, 3.8) is 0 Å². The monoisotopic (exact) mass is 304 g/mol. The van der Waals surface area contributed by atoms with E-state index in [1.807, 2.05) is 0 Å². The van der Waals surface area contributed by atoms with E-state index in [4.69, 9.17) is 0 Å². The van der Waals surface area contributed by atoms with Crippen LogP contribution in [0.4, 0.5) is 8.78 Å². The number of unbranched alkanes of at least 4 members (excludes halogenated alkanes) is 5. The number of hydrogen-bond acceptors (Lipinski definition) is 2. The van der Waals surface area contributed by atoms with E-state index in [0.717, 1.165) is 24.5 Å². The van der Waals surface area contributed by atoms with Crippen molar-refractivity contribution in [3.05, 3.63) is 47.8 Å². The smallest absolute Gasteiger partial charge is 0.169 e. The van der Waals surface area contributed by atoms with E-state index in [2.05, 4.69) is 16.9 Å². The molecule has 2 rings (SSSR count). The van der Waals surface area contributed by atoms with Crippen LogP contribution in [0.2, 0.25) is 0 Å². The lowest BCUT2D eigenvalue weighted by atomic mass is 10.1. The minimum absolute atomic E-state index is 0.103. The van der Waals surface area contributed by atoms with Gasteiger partial charge in [0.1, 0.15) is 0 Å². The van der Waals surface area contributed by atoms with Crippen molar-refractivity contribution >= 4 is 0 Å². The summed E-state index contributed by atoms with van der Waals surface area (Å²) in [6.45, 7) is 2.21. The molecule has 0 aliphatic rings. The number of nitrogens with zero attached hydrogens (tertiary/aromatic N) is 2. The third-order valence-corrected chi connectivity index (χ3v) is 3.72. The van der Waals surface area contributed by atoms with Crippen LogP contribution in [0.3, 0.4) is 0 Å². The Labute approximate surface area is 130 Å². The molecule has 0 spiro atoms. The quantitative estimate of drug-likeness (QED) is 0.616. The van der Waals surface area contributed by atoms with Crippen molar-refractivity contribution < 1.29 is 8.78 Å². The lowest BCUT2D eigenvalue weighted by Gasteiger charge is -2.05. The van der Waals surface area contributed by atoms with E-state index in [1.54, 1.807) is 12.4 Å². The Bertz CT molecular complexity index is 582. The fraction of sp³-hybridized carbons (Fsp3) is 0.444. The molecule has 0 aliphatic heterocycles. The fourth-order valence-electron chi connectivity index (χ4n) is 2.41. The van der Waals surface area contributed by atoms with Crippen molar-refractivity contribution in [1.29, 1.82) is 0 Å². The molecule has 2 nitrogen and oxygen atoms in total. The number of benzene rings is 1. The molecule has 0 radical (unpaired) electrons. The van der Waals surface area contributed by atoms with E-state index < -0.39 is 11.6 Å². The molecule has 0 bridgehead atoms. The topological polar surface area (TPSA) is 25.8 Å². The van der Waals surface area contributed by atoms with Crippen molar-refractivity contribution in [1.82, 2.24) is 9.97 Å². The minimum atomic E-state index is -0.897. The summed E-state index contributed by atoms with van der Waals surface area (Å²) in [4.78, 5) is 8.32. The van der Waals surface area contributed by atoms with Crippen LogP contribution in [0, 0.1) is 11.6 Å². The number of halogens is 2. The van der Waals surface area contributed by atoms with Gasteiger partial charge in [0.15, 0.2) is 17.5 Å². The summed E-state index contributed by atoms with van der Waals surface area (Å²) in [5.41, 5.74) is 1.14. The number of rotatable bonds is 8. The third kappa shape index (κ3) is 4.58. The first-order chi connectivity index (χ1) is 10.7. The highest BCUT2D eigenvalue weighted by Crippen LogP contribution is 2.21. The number of hydrogen-bond donors (Lipinski definition) is 0. The normalized spacial score (nSPS) is 10.9. The second-order valence-corrected chi connectivity index (χ2v) is 5.53. The Morgan fingerprint density at radius 2 is 1.59 bits per heavy atom. The molecule has 0 unspecified atom stereocenters. The van der Waals surface area contributed by atoms with Gasteiger partial charge in [0.25, 0.3) is 0 Å². The summed E-state index contributed by atoms with van der Waals surface area (Å²) in [5, 5.41) is 0. The highest BCUT2D eigenvalue weighted by molar-refractivity contribution is 5.55. The second-order valence-electron chi connectivity index (χ2n) is 5.53. The molecule has 0 saturated heterocycles. The van der Waals surface area contributed by atoms with Crippen molar-refractivity contribution in [2.45, 2.75) is 51.9 Å². The van der Waals surface area contributed by atoms with Crippen LogP contribution in [0.1, 0.15) is 51.0 Å². The van der Waals surface area contributed by atoms with Crippen molar-refractivity contribution in [2.24, 2.45) is 0 Å². The zero-order chi connectivity index (χ0) is 15.8. The largest absolute Gasteiger partial charge is 0.236 e. The van der Waals surface area contributed by atoms with Crippen LogP contribution >= 0.6 is 0 Å². The van der Waals surface area contributed by atoms with E-state index in [0.29, 0.717) is 0 Å². The maximum absolute atomic E-state index is 13.7. The van der Waals surface area contributed by atoms with Gasteiger partial charge in [0, 0.05) is 12.4 Å². The molecule has 0 aliphatic carbocycles. The molecular formula is C18H22F2N2. The molecule has 118 valence electrons. The highest BCUT2D eigenvalue weighted by atomic mass is 19.2. The van der Waals surface area contributed by atoms with Gasteiger partial charge in [-0.15, -0.1) is 0 Å². The average molecular weight is 304 g/mol. The molecule has 4 heteroatoms. The van der Waals surface area contributed by atoms with E-state index >= 15 is 0 Å². The predicted octanol–water partition coefficient (Wildman–Crippen LogP) is 5.32. The fourth-order valence-corrected chi connectivity index (χ4v) is 2.41. The highest BCUT2D eigenvalue weighted by Gasteiger charge is 2.11. The summed E-state index contributed by atoms with van der Waals surface area (Å²) in [7, 11) is 0. The van der Waals surface area contributed by atoms with Gasteiger partial charge in [-0.3, -0.25) is 0 Å². The van der Waals surface area contributed by atoms with Gasteiger partial charge in [-0.05, 0) is 30.5 Å². The van der Waals surface area contributed by atoms with E-state index in [9.17, 15) is 8.78 Å². The molecule has 1 aromatic heterocycles. The van der Waals surface area contributed by atoms with Crippen LogP contribution in [-0.2, 0) is 6.42 Å². The van der Waals surface area contributed by atoms with Crippen molar-refractivity contribution in [3.8, 4) is 11.4 Å². The second kappa shape index (κ2) is 8.57. The summed E-state index contributed by atoms with van der Waals surface area (Å²) in [5.74, 6) is -1.55. The Morgan fingerprint density at radius 1 is 0.909 bits per heavy atom. The van der Waals surface area contributed by atoms with E-state index in [-0.39, 0.29) is 11.4 Å². The molecule has 0 saturated carbocycles. The van der Waals surface area contributed by atoms with Gasteiger partial charge in [0.05, 0.1) is 5.56 Å². The van der Waals surface area contributed by atoms with Crippen LogP contribution in [0.15, 0.2) is 30.6 Å². The molecule has 0 amide bonds. The van der Waals surface area contributed by atoms with Gasteiger partial charge in [-0.2, -0.15) is 0 Å². The molecule has 1 aromatic carbocycles.